The average molecular weight is 281 g/mol. The third-order valence-corrected chi connectivity index (χ3v) is 2.55. The SMILES string of the molecule is COCCNC(=O)C(C)Oc1ccc(N)cc1C(N)=O. The van der Waals surface area contributed by atoms with E-state index in [4.69, 9.17) is 20.9 Å². The van der Waals surface area contributed by atoms with Gasteiger partial charge < -0.3 is 26.3 Å². The van der Waals surface area contributed by atoms with Crippen LogP contribution in [0, 0.1) is 0 Å². The number of ether oxygens (including phenoxy) is 2. The van der Waals surface area contributed by atoms with Gasteiger partial charge in [0.25, 0.3) is 11.8 Å². The molecule has 0 spiro atoms. The van der Waals surface area contributed by atoms with E-state index in [0.29, 0.717) is 18.8 Å². The van der Waals surface area contributed by atoms with Crippen LogP contribution in [0.25, 0.3) is 0 Å². The minimum atomic E-state index is -0.770. The van der Waals surface area contributed by atoms with Crippen molar-refractivity contribution in [2.45, 2.75) is 13.0 Å². The van der Waals surface area contributed by atoms with Gasteiger partial charge in [-0.25, -0.2) is 0 Å². The summed E-state index contributed by atoms with van der Waals surface area (Å²) in [7, 11) is 1.54. The molecule has 1 atom stereocenters. The van der Waals surface area contributed by atoms with Crippen molar-refractivity contribution in [1.82, 2.24) is 5.32 Å². The van der Waals surface area contributed by atoms with Gasteiger partial charge in [0.1, 0.15) is 5.75 Å². The molecule has 110 valence electrons. The predicted molar refractivity (Wildman–Crippen MR) is 74.3 cm³/mol. The van der Waals surface area contributed by atoms with Crippen molar-refractivity contribution in [3.8, 4) is 5.75 Å². The minimum absolute atomic E-state index is 0.140. The smallest absolute Gasteiger partial charge is 0.260 e. The molecule has 1 aromatic rings. The van der Waals surface area contributed by atoms with E-state index in [-0.39, 0.29) is 17.2 Å². The Morgan fingerprint density at radius 1 is 1.40 bits per heavy atom. The molecule has 7 nitrogen and oxygen atoms in total. The number of benzene rings is 1. The van der Waals surface area contributed by atoms with E-state index in [1.165, 1.54) is 12.1 Å². The van der Waals surface area contributed by atoms with Gasteiger partial charge in [-0.1, -0.05) is 0 Å². The van der Waals surface area contributed by atoms with E-state index in [1.54, 1.807) is 20.1 Å². The summed E-state index contributed by atoms with van der Waals surface area (Å²) in [5.74, 6) is -0.755. The Labute approximate surface area is 117 Å². The van der Waals surface area contributed by atoms with Gasteiger partial charge in [0, 0.05) is 19.3 Å². The maximum absolute atomic E-state index is 11.7. The molecule has 5 N–H and O–H groups in total. The second-order valence-electron chi connectivity index (χ2n) is 4.16. The molecule has 0 saturated heterocycles. The maximum atomic E-state index is 11.7. The predicted octanol–water partition coefficient (Wildman–Crippen LogP) is -0.102. The van der Waals surface area contributed by atoms with Crippen LogP contribution in [0.2, 0.25) is 0 Å². The third kappa shape index (κ3) is 4.43. The summed E-state index contributed by atoms with van der Waals surface area (Å²) in [4.78, 5) is 23.0. The van der Waals surface area contributed by atoms with E-state index in [1.807, 2.05) is 0 Å². The normalized spacial score (nSPS) is 11.7. The zero-order valence-corrected chi connectivity index (χ0v) is 11.5. The fourth-order valence-electron chi connectivity index (χ4n) is 1.51. The first-order valence-corrected chi connectivity index (χ1v) is 6.08. The lowest BCUT2D eigenvalue weighted by atomic mass is 10.1. The van der Waals surface area contributed by atoms with Crippen LogP contribution in [0.15, 0.2) is 18.2 Å². The highest BCUT2D eigenvalue weighted by Crippen LogP contribution is 2.22. The Hall–Kier alpha value is -2.28. The molecule has 0 heterocycles. The number of primary amides is 1. The standard InChI is InChI=1S/C13H19N3O4/c1-8(13(18)16-5-6-19-2)20-11-4-3-9(14)7-10(11)12(15)17/h3-4,7-8H,5-6,14H2,1-2H3,(H2,15,17)(H,16,18). The third-order valence-electron chi connectivity index (χ3n) is 2.55. The van der Waals surface area contributed by atoms with E-state index in [2.05, 4.69) is 5.32 Å². The minimum Gasteiger partial charge on any atom is -0.480 e. The van der Waals surface area contributed by atoms with Crippen molar-refractivity contribution in [2.24, 2.45) is 5.73 Å². The van der Waals surface area contributed by atoms with Gasteiger partial charge in [-0.2, -0.15) is 0 Å². The van der Waals surface area contributed by atoms with Gasteiger partial charge >= 0.3 is 0 Å². The Morgan fingerprint density at radius 3 is 2.70 bits per heavy atom. The highest BCUT2D eigenvalue weighted by atomic mass is 16.5. The van der Waals surface area contributed by atoms with Crippen LogP contribution in [0.4, 0.5) is 5.69 Å². The Bertz CT molecular complexity index is 491. The number of methoxy groups -OCH3 is 1. The summed E-state index contributed by atoms with van der Waals surface area (Å²) in [6, 6.07) is 4.49. The van der Waals surface area contributed by atoms with Crippen molar-refractivity contribution < 1.29 is 19.1 Å². The quantitative estimate of drug-likeness (QED) is 0.476. The van der Waals surface area contributed by atoms with Gasteiger partial charge in [-0.05, 0) is 25.1 Å². The number of rotatable bonds is 7. The van der Waals surface area contributed by atoms with Crippen LogP contribution in [0.3, 0.4) is 0 Å². The van der Waals surface area contributed by atoms with Crippen LogP contribution in [0.5, 0.6) is 5.75 Å². The molecular formula is C13H19N3O4. The molecule has 0 aliphatic rings. The van der Waals surface area contributed by atoms with Gasteiger partial charge in [0.05, 0.1) is 12.2 Å². The Morgan fingerprint density at radius 2 is 2.10 bits per heavy atom. The number of hydrogen-bond acceptors (Lipinski definition) is 5. The van der Waals surface area contributed by atoms with Crippen LogP contribution >= 0.6 is 0 Å². The van der Waals surface area contributed by atoms with E-state index >= 15 is 0 Å². The molecule has 0 aliphatic heterocycles. The first kappa shape index (κ1) is 15.8. The first-order chi connectivity index (χ1) is 9.45. The van der Waals surface area contributed by atoms with Crippen LogP contribution in [-0.4, -0.2) is 38.2 Å². The summed E-state index contributed by atoms with van der Waals surface area (Å²) in [5, 5.41) is 2.63. The summed E-state index contributed by atoms with van der Waals surface area (Å²) < 4.78 is 10.3. The maximum Gasteiger partial charge on any atom is 0.260 e. The molecule has 0 aliphatic carbocycles. The molecule has 0 bridgehead atoms. The molecule has 0 aromatic heterocycles. The summed E-state index contributed by atoms with van der Waals surface area (Å²) in [6.07, 6.45) is -0.770. The number of nitrogens with two attached hydrogens (primary N) is 2. The van der Waals surface area contributed by atoms with Gasteiger partial charge in [-0.3, -0.25) is 9.59 Å². The molecule has 1 rings (SSSR count). The van der Waals surface area contributed by atoms with Crippen molar-refractivity contribution >= 4 is 17.5 Å². The number of hydrogen-bond donors (Lipinski definition) is 3. The number of nitrogens with one attached hydrogen (secondary N) is 1. The van der Waals surface area contributed by atoms with Crippen LogP contribution in [0.1, 0.15) is 17.3 Å². The van der Waals surface area contributed by atoms with Crippen molar-refractivity contribution in [3.05, 3.63) is 23.8 Å². The van der Waals surface area contributed by atoms with Gasteiger partial charge in [0.15, 0.2) is 6.10 Å². The zero-order valence-electron chi connectivity index (χ0n) is 11.5. The number of carbonyl (C=O) groups excluding carboxylic acids is 2. The van der Waals surface area contributed by atoms with Crippen molar-refractivity contribution in [3.63, 3.8) is 0 Å². The zero-order chi connectivity index (χ0) is 15.1. The highest BCUT2D eigenvalue weighted by Gasteiger charge is 2.17. The Kier molecular flexibility index (Phi) is 5.79. The first-order valence-electron chi connectivity index (χ1n) is 6.08. The number of carbonyl (C=O) groups is 2. The van der Waals surface area contributed by atoms with E-state index < -0.39 is 12.0 Å². The fraction of sp³-hybridized carbons (Fsp3) is 0.385. The molecular weight excluding hydrogens is 262 g/mol. The number of nitrogen functional groups attached to an aromatic ring is 1. The van der Waals surface area contributed by atoms with Crippen LogP contribution in [-0.2, 0) is 9.53 Å². The largest absolute Gasteiger partial charge is 0.480 e. The second-order valence-corrected chi connectivity index (χ2v) is 4.16. The number of anilines is 1. The molecule has 0 saturated carbocycles. The highest BCUT2D eigenvalue weighted by molar-refractivity contribution is 5.96. The summed E-state index contributed by atoms with van der Waals surface area (Å²) in [6.45, 7) is 2.36. The molecule has 0 fully saturated rings. The lowest BCUT2D eigenvalue weighted by Gasteiger charge is -2.16. The summed E-state index contributed by atoms with van der Waals surface area (Å²) in [5.41, 5.74) is 11.4. The molecule has 0 radical (unpaired) electrons. The van der Waals surface area contributed by atoms with Gasteiger partial charge in [-0.15, -0.1) is 0 Å². The lowest BCUT2D eigenvalue weighted by Crippen LogP contribution is -2.38. The Balaban J connectivity index is 2.72. The van der Waals surface area contributed by atoms with E-state index in [9.17, 15) is 9.59 Å². The monoisotopic (exact) mass is 281 g/mol. The fourth-order valence-corrected chi connectivity index (χ4v) is 1.51. The van der Waals surface area contributed by atoms with Crippen molar-refractivity contribution in [1.29, 1.82) is 0 Å². The molecule has 2 amide bonds. The molecule has 1 aromatic carbocycles. The molecule has 20 heavy (non-hydrogen) atoms. The topological polar surface area (TPSA) is 117 Å². The van der Waals surface area contributed by atoms with Crippen molar-refractivity contribution in [2.75, 3.05) is 26.0 Å². The van der Waals surface area contributed by atoms with Crippen LogP contribution < -0.4 is 21.5 Å². The molecule has 1 unspecified atom stereocenters. The second kappa shape index (κ2) is 7.34. The van der Waals surface area contributed by atoms with E-state index in [0.717, 1.165) is 0 Å². The lowest BCUT2D eigenvalue weighted by molar-refractivity contribution is -0.127. The van der Waals surface area contributed by atoms with Gasteiger partial charge in [0.2, 0.25) is 0 Å². The summed E-state index contributed by atoms with van der Waals surface area (Å²) >= 11 is 0. The average Bonchev–Trinajstić information content (AvgIpc) is 2.40. The molecule has 7 heteroatoms. The number of amides is 2.